The Bertz CT molecular complexity index is 1230. The Morgan fingerprint density at radius 2 is 1.76 bits per heavy atom. The van der Waals surface area contributed by atoms with Gasteiger partial charge in [0.15, 0.2) is 0 Å². The molecule has 1 aliphatic rings. The number of halogens is 3. The maximum absolute atomic E-state index is 12.8. The molecule has 0 atom stereocenters. The van der Waals surface area contributed by atoms with Crippen LogP contribution in [0, 0.1) is 0 Å². The van der Waals surface area contributed by atoms with Crippen molar-refractivity contribution in [2.75, 3.05) is 43.4 Å². The first-order chi connectivity index (χ1) is 17.8. The van der Waals surface area contributed by atoms with Crippen LogP contribution in [0.4, 0.5) is 24.7 Å². The number of hydrogen-bond acceptors (Lipinski definition) is 7. The summed E-state index contributed by atoms with van der Waals surface area (Å²) in [6, 6.07) is 11.0. The highest BCUT2D eigenvalue weighted by molar-refractivity contribution is 7.98. The number of carbonyl (C=O) groups excluding carboxylic acids is 2. The number of alkyl halides is 3. The first-order valence-electron chi connectivity index (χ1n) is 11.5. The lowest BCUT2D eigenvalue weighted by molar-refractivity contribution is -0.137. The maximum atomic E-state index is 12.8. The fourth-order valence-corrected chi connectivity index (χ4v) is 4.59. The molecule has 1 saturated heterocycles. The van der Waals surface area contributed by atoms with Crippen LogP contribution < -0.4 is 16.0 Å². The zero-order valence-corrected chi connectivity index (χ0v) is 20.5. The van der Waals surface area contributed by atoms with Crippen LogP contribution in [0.3, 0.4) is 0 Å². The molecule has 8 nitrogen and oxygen atoms in total. The molecule has 0 aliphatic carbocycles. The number of carbonyl (C=O) groups is 2. The van der Waals surface area contributed by atoms with Crippen LogP contribution in [0.2, 0.25) is 0 Å². The van der Waals surface area contributed by atoms with Crippen molar-refractivity contribution in [3.05, 3.63) is 77.6 Å². The maximum Gasteiger partial charge on any atom is 0.416 e. The second kappa shape index (κ2) is 12.2. The van der Waals surface area contributed by atoms with Gasteiger partial charge in [0.25, 0.3) is 5.91 Å². The highest BCUT2D eigenvalue weighted by atomic mass is 32.2. The van der Waals surface area contributed by atoms with Crippen LogP contribution in [-0.2, 0) is 16.7 Å². The summed E-state index contributed by atoms with van der Waals surface area (Å²) in [6.07, 6.45) is -1.28. The molecule has 0 radical (unpaired) electrons. The van der Waals surface area contributed by atoms with E-state index < -0.39 is 17.6 Å². The van der Waals surface area contributed by atoms with Crippen molar-refractivity contribution in [2.45, 2.75) is 17.0 Å². The molecule has 2 amide bonds. The molecule has 0 saturated carbocycles. The molecule has 0 bridgehead atoms. The third-order valence-corrected chi connectivity index (χ3v) is 6.61. The molecule has 194 valence electrons. The number of nitrogens with zero attached hydrogens (tertiary/aromatic N) is 3. The number of piperazine rings is 1. The first kappa shape index (κ1) is 26.6. The first-order valence-corrected chi connectivity index (χ1v) is 12.5. The molecule has 37 heavy (non-hydrogen) atoms. The van der Waals surface area contributed by atoms with E-state index in [0.29, 0.717) is 28.7 Å². The van der Waals surface area contributed by atoms with E-state index in [2.05, 4.69) is 30.8 Å². The van der Waals surface area contributed by atoms with Gasteiger partial charge in [0, 0.05) is 50.0 Å². The van der Waals surface area contributed by atoms with E-state index in [9.17, 15) is 22.8 Å². The van der Waals surface area contributed by atoms with E-state index in [1.54, 1.807) is 30.6 Å². The van der Waals surface area contributed by atoms with Gasteiger partial charge < -0.3 is 16.0 Å². The average Bonchev–Trinajstić information content (AvgIpc) is 2.88. The summed E-state index contributed by atoms with van der Waals surface area (Å²) in [4.78, 5) is 35.8. The second-order valence-corrected chi connectivity index (χ2v) is 9.26. The standard InChI is InChI=1S/C25H25F3N6O2S/c26-25(27,28)18-3-5-19(6-4-18)32-23(36)20-2-1-8-31-24(20)37-16-17-7-9-30-21(14-17)33-22(35)15-34-12-10-29-11-13-34/h1-9,14,29H,10-13,15-16H2,(H,32,36)(H,30,33,35). The second-order valence-electron chi connectivity index (χ2n) is 8.30. The van der Waals surface area contributed by atoms with Crippen LogP contribution in [-0.4, -0.2) is 59.4 Å². The smallest absolute Gasteiger partial charge is 0.322 e. The summed E-state index contributed by atoms with van der Waals surface area (Å²) in [5, 5.41) is 9.15. The molecule has 0 unspecified atom stereocenters. The van der Waals surface area contributed by atoms with Gasteiger partial charge in [0.1, 0.15) is 10.8 Å². The molecule has 2 aromatic heterocycles. The van der Waals surface area contributed by atoms with Gasteiger partial charge in [-0.2, -0.15) is 13.2 Å². The third kappa shape index (κ3) is 7.75. The summed E-state index contributed by atoms with van der Waals surface area (Å²) in [5.41, 5.74) is 0.621. The molecule has 4 rings (SSSR count). The van der Waals surface area contributed by atoms with Crippen molar-refractivity contribution in [1.29, 1.82) is 0 Å². The summed E-state index contributed by atoms with van der Waals surface area (Å²) >= 11 is 1.32. The van der Waals surface area contributed by atoms with Gasteiger partial charge in [-0.15, -0.1) is 11.8 Å². The Morgan fingerprint density at radius 3 is 2.49 bits per heavy atom. The minimum absolute atomic E-state index is 0.133. The molecule has 1 aromatic carbocycles. The average molecular weight is 531 g/mol. The number of anilines is 2. The van der Waals surface area contributed by atoms with Gasteiger partial charge >= 0.3 is 6.18 Å². The number of nitrogens with one attached hydrogen (secondary N) is 3. The Labute approximate surface area is 216 Å². The van der Waals surface area contributed by atoms with Crippen molar-refractivity contribution < 1.29 is 22.8 Å². The molecular formula is C25H25F3N6O2S. The predicted octanol–water partition coefficient (Wildman–Crippen LogP) is 3.88. The van der Waals surface area contributed by atoms with Gasteiger partial charge in [-0.3, -0.25) is 14.5 Å². The lowest BCUT2D eigenvalue weighted by Crippen LogP contribution is -2.46. The molecular weight excluding hydrogens is 505 g/mol. The van der Waals surface area contributed by atoms with Crippen molar-refractivity contribution in [1.82, 2.24) is 20.2 Å². The molecule has 3 heterocycles. The van der Waals surface area contributed by atoms with Crippen LogP contribution in [0.15, 0.2) is 66.0 Å². The highest BCUT2D eigenvalue weighted by Crippen LogP contribution is 2.30. The van der Waals surface area contributed by atoms with Gasteiger partial charge in [0.2, 0.25) is 5.91 Å². The van der Waals surface area contributed by atoms with Crippen molar-refractivity contribution in [2.24, 2.45) is 0 Å². The van der Waals surface area contributed by atoms with Gasteiger partial charge in [-0.05, 0) is 54.1 Å². The van der Waals surface area contributed by atoms with Crippen LogP contribution in [0.25, 0.3) is 0 Å². The minimum Gasteiger partial charge on any atom is -0.322 e. The number of amides is 2. The van der Waals surface area contributed by atoms with E-state index in [4.69, 9.17) is 0 Å². The molecule has 12 heteroatoms. The van der Waals surface area contributed by atoms with Gasteiger partial charge in [-0.1, -0.05) is 0 Å². The topological polar surface area (TPSA) is 99.3 Å². The fourth-order valence-electron chi connectivity index (χ4n) is 3.66. The number of benzene rings is 1. The summed E-state index contributed by atoms with van der Waals surface area (Å²) < 4.78 is 38.3. The summed E-state index contributed by atoms with van der Waals surface area (Å²) in [5.74, 6) is 0.289. The van der Waals surface area contributed by atoms with Crippen molar-refractivity contribution in [3.8, 4) is 0 Å². The number of pyridine rings is 2. The highest BCUT2D eigenvalue weighted by Gasteiger charge is 2.30. The van der Waals surface area contributed by atoms with E-state index in [1.165, 1.54) is 23.9 Å². The normalized spacial score (nSPS) is 14.2. The molecule has 3 N–H and O–H groups in total. The molecule has 1 fully saturated rings. The minimum atomic E-state index is -4.45. The van der Waals surface area contributed by atoms with E-state index in [0.717, 1.165) is 43.9 Å². The summed E-state index contributed by atoms with van der Waals surface area (Å²) in [7, 11) is 0. The van der Waals surface area contributed by atoms with Crippen LogP contribution >= 0.6 is 11.8 Å². The van der Waals surface area contributed by atoms with Crippen LogP contribution in [0.5, 0.6) is 0 Å². The monoisotopic (exact) mass is 530 g/mol. The Morgan fingerprint density at radius 1 is 1.00 bits per heavy atom. The SMILES string of the molecule is O=C(CN1CCNCC1)Nc1cc(CSc2ncccc2C(=O)Nc2ccc(C(F)(F)F)cc2)ccn1. The number of rotatable bonds is 8. The quantitative estimate of drug-likeness (QED) is 0.380. The summed E-state index contributed by atoms with van der Waals surface area (Å²) in [6.45, 7) is 3.65. The lowest BCUT2D eigenvalue weighted by atomic mass is 10.2. The van der Waals surface area contributed by atoms with Gasteiger partial charge in [-0.25, -0.2) is 9.97 Å². The van der Waals surface area contributed by atoms with E-state index >= 15 is 0 Å². The Hall–Kier alpha value is -3.48. The molecule has 3 aromatic rings. The zero-order valence-electron chi connectivity index (χ0n) is 19.7. The van der Waals surface area contributed by atoms with Crippen molar-refractivity contribution in [3.63, 3.8) is 0 Å². The lowest BCUT2D eigenvalue weighted by Gasteiger charge is -2.26. The largest absolute Gasteiger partial charge is 0.416 e. The molecule has 1 aliphatic heterocycles. The van der Waals surface area contributed by atoms with Gasteiger partial charge in [0.05, 0.1) is 17.7 Å². The number of aromatic nitrogens is 2. The fraction of sp³-hybridized carbons (Fsp3) is 0.280. The Balaban J connectivity index is 1.36. The molecule has 0 spiro atoms. The van der Waals surface area contributed by atoms with E-state index in [-0.39, 0.29) is 11.6 Å². The van der Waals surface area contributed by atoms with Crippen molar-refractivity contribution >= 4 is 35.1 Å². The zero-order chi connectivity index (χ0) is 26.3. The predicted molar refractivity (Wildman–Crippen MR) is 135 cm³/mol. The number of hydrogen-bond donors (Lipinski definition) is 3. The number of thioether (sulfide) groups is 1. The van der Waals surface area contributed by atoms with E-state index in [1.807, 2.05) is 6.07 Å². The van der Waals surface area contributed by atoms with Crippen LogP contribution in [0.1, 0.15) is 21.5 Å². The third-order valence-electron chi connectivity index (χ3n) is 5.53. The Kier molecular flexibility index (Phi) is 8.74.